The molecule has 0 amide bonds. The Morgan fingerprint density at radius 2 is 1.78 bits per heavy atom. The second-order valence-electron chi connectivity index (χ2n) is 4.97. The highest BCUT2D eigenvalue weighted by molar-refractivity contribution is 6.42. The van der Waals surface area contributed by atoms with E-state index in [1.54, 1.807) is 18.2 Å². The number of hydrogen-bond donors (Lipinski definition) is 1. The van der Waals surface area contributed by atoms with Crippen LogP contribution in [0, 0.1) is 6.92 Å². The number of rotatable bonds is 3. The summed E-state index contributed by atoms with van der Waals surface area (Å²) in [4.78, 5) is 0. The summed E-state index contributed by atoms with van der Waals surface area (Å²) in [5.41, 5.74) is 5.82. The van der Waals surface area contributed by atoms with Crippen LogP contribution in [0.15, 0.2) is 52.8 Å². The van der Waals surface area contributed by atoms with Crippen LogP contribution < -0.4 is 5.43 Å². The zero-order valence-electron chi connectivity index (χ0n) is 12.5. The molecule has 0 aliphatic heterocycles. The molecule has 0 unspecified atom stereocenters. The van der Waals surface area contributed by atoms with Crippen molar-refractivity contribution in [1.82, 2.24) is 4.57 Å². The quantitative estimate of drug-likeness (QED) is 0.425. The predicted molar refractivity (Wildman–Crippen MR) is 99.5 cm³/mol. The first-order valence-electron chi connectivity index (χ1n) is 6.73. The molecule has 2 aromatic carbocycles. The molecule has 23 heavy (non-hydrogen) atoms. The summed E-state index contributed by atoms with van der Waals surface area (Å²) < 4.78 is 2.02. The normalized spacial score (nSPS) is 11.0. The van der Waals surface area contributed by atoms with Crippen molar-refractivity contribution in [3.8, 4) is 0 Å². The maximum atomic E-state index is 5.97. The molecule has 1 heterocycles. The summed E-state index contributed by atoms with van der Waals surface area (Å²) in [6, 6.07) is 13.4. The molecule has 4 nitrogen and oxygen atoms in total. The monoisotopic (exact) mass is 368 g/mol. The van der Waals surface area contributed by atoms with Crippen molar-refractivity contribution < 1.29 is 0 Å². The lowest BCUT2D eigenvalue weighted by Gasteiger charge is -2.02. The number of aromatic nitrogens is 1. The van der Waals surface area contributed by atoms with Crippen molar-refractivity contribution in [1.29, 1.82) is 0 Å². The molecule has 3 rings (SSSR count). The van der Waals surface area contributed by atoms with E-state index in [4.69, 9.17) is 23.2 Å². The van der Waals surface area contributed by atoms with E-state index in [0.717, 1.165) is 22.6 Å². The number of halogens is 3. The number of fused-ring (bicyclic) bond motifs is 1. The van der Waals surface area contributed by atoms with Gasteiger partial charge in [-0.1, -0.05) is 46.6 Å². The van der Waals surface area contributed by atoms with E-state index >= 15 is 0 Å². The van der Waals surface area contributed by atoms with E-state index in [0.29, 0.717) is 10.0 Å². The van der Waals surface area contributed by atoms with Crippen LogP contribution in [0.4, 0.5) is 11.5 Å². The summed E-state index contributed by atoms with van der Waals surface area (Å²) in [7, 11) is 1.98. The summed E-state index contributed by atoms with van der Waals surface area (Å²) in [6.07, 6.45) is 0. The topological polar surface area (TPSA) is 41.7 Å². The van der Waals surface area contributed by atoms with Gasteiger partial charge in [-0.15, -0.1) is 17.5 Å². The highest BCUT2D eigenvalue weighted by Gasteiger charge is 2.10. The van der Waals surface area contributed by atoms with Crippen molar-refractivity contribution in [3.05, 3.63) is 58.1 Å². The minimum atomic E-state index is 0. The number of nitrogens with one attached hydrogen (secondary N) is 1. The van der Waals surface area contributed by atoms with Crippen LogP contribution in [-0.4, -0.2) is 4.57 Å². The molecule has 0 atom stereocenters. The molecule has 7 heteroatoms. The molecule has 0 radical (unpaired) electrons. The van der Waals surface area contributed by atoms with Crippen LogP contribution >= 0.6 is 35.6 Å². The first-order valence-corrected chi connectivity index (χ1v) is 7.49. The van der Waals surface area contributed by atoms with Gasteiger partial charge < -0.3 is 4.57 Å². The Labute approximate surface area is 150 Å². The highest BCUT2D eigenvalue weighted by Crippen LogP contribution is 2.31. The molecule has 0 saturated heterocycles. The fourth-order valence-corrected chi connectivity index (χ4v) is 2.71. The van der Waals surface area contributed by atoms with E-state index in [1.807, 2.05) is 30.7 Å². The molecule has 0 spiro atoms. The third-order valence-corrected chi connectivity index (χ3v) is 4.30. The molecular formula is C16H15Cl3N4. The predicted octanol–water partition coefficient (Wildman–Crippen LogP) is 6.33. The molecule has 0 fully saturated rings. The molecule has 0 aliphatic carbocycles. The third kappa shape index (κ3) is 3.44. The lowest BCUT2D eigenvalue weighted by Crippen LogP contribution is -1.89. The SMILES string of the molecule is Cc1c(/N=N/Nc2ccc(Cl)c(Cl)c2)n(C)c2ccccc12.Cl. The van der Waals surface area contributed by atoms with Crippen LogP contribution in [0.1, 0.15) is 5.56 Å². The second kappa shape index (κ2) is 7.21. The van der Waals surface area contributed by atoms with Crippen molar-refractivity contribution in [2.75, 3.05) is 5.43 Å². The Morgan fingerprint density at radius 1 is 1.04 bits per heavy atom. The van der Waals surface area contributed by atoms with Crippen molar-refractivity contribution in [2.45, 2.75) is 6.92 Å². The average molecular weight is 370 g/mol. The van der Waals surface area contributed by atoms with Gasteiger partial charge in [0, 0.05) is 23.5 Å². The smallest absolute Gasteiger partial charge is 0.160 e. The fourth-order valence-electron chi connectivity index (χ4n) is 2.41. The van der Waals surface area contributed by atoms with Crippen LogP contribution in [-0.2, 0) is 7.05 Å². The van der Waals surface area contributed by atoms with Gasteiger partial charge in [-0.05, 0) is 31.2 Å². The fraction of sp³-hybridized carbons (Fsp3) is 0.125. The van der Waals surface area contributed by atoms with E-state index in [1.165, 1.54) is 5.39 Å². The molecule has 0 aliphatic rings. The van der Waals surface area contributed by atoms with E-state index in [9.17, 15) is 0 Å². The number of para-hydroxylation sites is 1. The molecule has 3 aromatic rings. The van der Waals surface area contributed by atoms with Gasteiger partial charge in [-0.25, -0.2) is 0 Å². The first kappa shape index (κ1) is 17.6. The number of anilines is 1. The van der Waals surface area contributed by atoms with Crippen molar-refractivity contribution >= 4 is 58.0 Å². The van der Waals surface area contributed by atoms with Gasteiger partial charge in [0.15, 0.2) is 5.82 Å². The lowest BCUT2D eigenvalue weighted by molar-refractivity contribution is 0.929. The molecule has 1 aromatic heterocycles. The molecule has 120 valence electrons. The van der Waals surface area contributed by atoms with Crippen LogP contribution in [0.25, 0.3) is 10.9 Å². The summed E-state index contributed by atoms with van der Waals surface area (Å²) >= 11 is 11.8. The first-order chi connectivity index (χ1) is 10.6. The van der Waals surface area contributed by atoms with Crippen LogP contribution in [0.2, 0.25) is 10.0 Å². The maximum Gasteiger partial charge on any atom is 0.160 e. The Balaban J connectivity index is 0.00000192. The Kier molecular flexibility index (Phi) is 5.52. The summed E-state index contributed by atoms with van der Waals surface area (Å²) in [5.74, 6) is 0.814. The number of hydrogen-bond acceptors (Lipinski definition) is 2. The Morgan fingerprint density at radius 3 is 2.48 bits per heavy atom. The Hall–Kier alpha value is -1.75. The van der Waals surface area contributed by atoms with Crippen LogP contribution in [0.3, 0.4) is 0 Å². The number of aryl methyl sites for hydroxylation is 2. The maximum absolute atomic E-state index is 5.97. The van der Waals surface area contributed by atoms with Gasteiger partial charge in [0.1, 0.15) is 0 Å². The van der Waals surface area contributed by atoms with Gasteiger partial charge >= 0.3 is 0 Å². The molecule has 1 N–H and O–H groups in total. The van der Waals surface area contributed by atoms with Gasteiger partial charge in [0.05, 0.1) is 15.7 Å². The minimum Gasteiger partial charge on any atom is -0.327 e. The van der Waals surface area contributed by atoms with Gasteiger partial charge in [-0.2, -0.15) is 0 Å². The lowest BCUT2D eigenvalue weighted by atomic mass is 10.2. The zero-order valence-corrected chi connectivity index (χ0v) is 14.9. The van der Waals surface area contributed by atoms with E-state index in [-0.39, 0.29) is 12.4 Å². The van der Waals surface area contributed by atoms with Crippen LogP contribution in [0.5, 0.6) is 0 Å². The average Bonchev–Trinajstić information content (AvgIpc) is 2.76. The van der Waals surface area contributed by atoms with Gasteiger partial charge in [-0.3, -0.25) is 5.43 Å². The van der Waals surface area contributed by atoms with Crippen molar-refractivity contribution in [3.63, 3.8) is 0 Å². The molecular weight excluding hydrogens is 355 g/mol. The highest BCUT2D eigenvalue weighted by atomic mass is 35.5. The third-order valence-electron chi connectivity index (χ3n) is 3.57. The van der Waals surface area contributed by atoms with Gasteiger partial charge in [0.25, 0.3) is 0 Å². The minimum absolute atomic E-state index is 0. The largest absolute Gasteiger partial charge is 0.327 e. The molecule has 0 bridgehead atoms. The van der Waals surface area contributed by atoms with E-state index in [2.05, 4.69) is 27.9 Å². The number of benzene rings is 2. The number of nitrogens with zero attached hydrogens (tertiary/aromatic N) is 3. The second-order valence-corrected chi connectivity index (χ2v) is 5.78. The van der Waals surface area contributed by atoms with E-state index < -0.39 is 0 Å². The summed E-state index contributed by atoms with van der Waals surface area (Å²) in [5, 5.41) is 10.5. The zero-order chi connectivity index (χ0) is 15.7. The van der Waals surface area contributed by atoms with Gasteiger partial charge in [0.2, 0.25) is 0 Å². The summed E-state index contributed by atoms with van der Waals surface area (Å²) in [6.45, 7) is 2.04. The van der Waals surface area contributed by atoms with Crippen molar-refractivity contribution in [2.24, 2.45) is 17.4 Å². The standard InChI is InChI=1S/C16H14Cl2N4.ClH/c1-10-12-5-3-4-6-15(12)22(2)16(10)20-21-19-11-7-8-13(17)14(18)9-11;/h3-9H,1-2H3,(H,19,20);1H. The Bertz CT molecular complexity index is 832. The molecule has 0 saturated carbocycles.